The monoisotopic (exact) mass is 448 g/mol. The number of benzene rings is 2. The second kappa shape index (κ2) is 10.0. The summed E-state index contributed by atoms with van der Waals surface area (Å²) < 4.78 is 3.87. The minimum absolute atomic E-state index is 0.138. The summed E-state index contributed by atoms with van der Waals surface area (Å²) >= 11 is 1.12. The van der Waals surface area contributed by atoms with Crippen molar-refractivity contribution >= 4 is 29.0 Å². The van der Waals surface area contributed by atoms with Gasteiger partial charge in [-0.25, -0.2) is 0 Å². The van der Waals surface area contributed by atoms with E-state index in [1.165, 1.54) is 6.42 Å². The van der Waals surface area contributed by atoms with Crippen molar-refractivity contribution in [2.75, 3.05) is 4.90 Å². The molecule has 166 valence electrons. The summed E-state index contributed by atoms with van der Waals surface area (Å²) in [6, 6.07) is 14.6. The Morgan fingerprint density at radius 3 is 2.47 bits per heavy atom. The van der Waals surface area contributed by atoms with Crippen LogP contribution in [0.15, 0.2) is 53.9 Å². The summed E-state index contributed by atoms with van der Waals surface area (Å²) in [5.74, 6) is -0.499. The van der Waals surface area contributed by atoms with E-state index in [0.29, 0.717) is 5.69 Å². The van der Waals surface area contributed by atoms with Crippen LogP contribution in [0.2, 0.25) is 0 Å². The number of hydrogen-bond acceptors (Lipinski definition) is 5. The highest BCUT2D eigenvalue weighted by molar-refractivity contribution is 7.03. The molecule has 32 heavy (non-hydrogen) atoms. The van der Waals surface area contributed by atoms with Gasteiger partial charge < -0.3 is 5.32 Å². The lowest BCUT2D eigenvalue weighted by molar-refractivity contribution is -0.123. The zero-order valence-electron chi connectivity index (χ0n) is 18.5. The SMILES string of the molecule is Cc1cccc(N(C(=O)c2csnn2)[C@H](C(=O)NC2CCCCC2)c2ccccc2)c1C. The van der Waals surface area contributed by atoms with Crippen LogP contribution >= 0.6 is 11.5 Å². The van der Waals surface area contributed by atoms with Crippen LogP contribution < -0.4 is 10.2 Å². The summed E-state index contributed by atoms with van der Waals surface area (Å²) in [6.45, 7) is 3.98. The molecule has 0 bridgehead atoms. The minimum Gasteiger partial charge on any atom is -0.351 e. The number of carbonyl (C=O) groups excluding carboxylic acids is 2. The smallest absolute Gasteiger partial charge is 0.280 e. The topological polar surface area (TPSA) is 75.2 Å². The highest BCUT2D eigenvalue weighted by Gasteiger charge is 2.36. The zero-order valence-corrected chi connectivity index (χ0v) is 19.3. The molecule has 4 rings (SSSR count). The van der Waals surface area contributed by atoms with Crippen LogP contribution in [0.1, 0.15) is 65.3 Å². The van der Waals surface area contributed by atoms with E-state index in [0.717, 1.165) is 53.9 Å². The van der Waals surface area contributed by atoms with E-state index in [9.17, 15) is 9.59 Å². The highest BCUT2D eigenvalue weighted by atomic mass is 32.1. The van der Waals surface area contributed by atoms with Gasteiger partial charge in [0.1, 0.15) is 6.04 Å². The van der Waals surface area contributed by atoms with E-state index in [4.69, 9.17) is 0 Å². The van der Waals surface area contributed by atoms with Gasteiger partial charge in [0.2, 0.25) is 5.91 Å². The Morgan fingerprint density at radius 2 is 1.78 bits per heavy atom. The average molecular weight is 449 g/mol. The Morgan fingerprint density at radius 1 is 1.03 bits per heavy atom. The zero-order chi connectivity index (χ0) is 22.5. The van der Waals surface area contributed by atoms with Crippen LogP contribution in [0.4, 0.5) is 5.69 Å². The van der Waals surface area contributed by atoms with Gasteiger partial charge in [-0.3, -0.25) is 14.5 Å². The first-order chi connectivity index (χ1) is 15.6. The molecule has 1 heterocycles. The number of carbonyl (C=O) groups is 2. The molecule has 6 nitrogen and oxygen atoms in total. The number of rotatable bonds is 6. The maximum atomic E-state index is 13.8. The fourth-order valence-electron chi connectivity index (χ4n) is 4.32. The first-order valence-corrected chi connectivity index (χ1v) is 11.9. The number of nitrogens with zero attached hydrogens (tertiary/aromatic N) is 3. The summed E-state index contributed by atoms with van der Waals surface area (Å²) in [4.78, 5) is 29.1. The Balaban J connectivity index is 1.81. The molecule has 1 atom stereocenters. The maximum absolute atomic E-state index is 13.8. The lowest BCUT2D eigenvalue weighted by Gasteiger charge is -2.34. The van der Waals surface area contributed by atoms with Crippen molar-refractivity contribution in [3.8, 4) is 0 Å². The predicted octanol–water partition coefficient (Wildman–Crippen LogP) is 4.99. The van der Waals surface area contributed by atoms with Crippen LogP contribution in [-0.4, -0.2) is 27.4 Å². The average Bonchev–Trinajstić information content (AvgIpc) is 3.35. The standard InChI is InChI=1S/C25H28N4O2S/c1-17-10-9-15-22(18(17)2)29(25(31)21-16-32-28-27-21)23(19-11-5-3-6-12-19)24(30)26-20-13-7-4-8-14-20/h3,5-6,9-12,15-16,20,23H,4,7-8,13-14H2,1-2H3,(H,26,30)/t23-/m0/s1. The van der Waals surface area contributed by atoms with Gasteiger partial charge in [0.25, 0.3) is 5.91 Å². The van der Waals surface area contributed by atoms with Crippen molar-refractivity contribution in [3.05, 3.63) is 76.3 Å². The van der Waals surface area contributed by atoms with Crippen LogP contribution in [0.3, 0.4) is 0 Å². The minimum atomic E-state index is -0.812. The first kappa shape index (κ1) is 22.1. The molecular formula is C25H28N4O2S. The predicted molar refractivity (Wildman–Crippen MR) is 127 cm³/mol. The lowest BCUT2D eigenvalue weighted by Crippen LogP contribution is -2.47. The Labute approximate surface area is 192 Å². The molecule has 0 aliphatic heterocycles. The summed E-state index contributed by atoms with van der Waals surface area (Å²) in [5, 5.41) is 8.87. The van der Waals surface area contributed by atoms with E-state index in [-0.39, 0.29) is 23.6 Å². The second-order valence-electron chi connectivity index (χ2n) is 8.34. The van der Waals surface area contributed by atoms with E-state index < -0.39 is 6.04 Å². The van der Waals surface area contributed by atoms with Gasteiger partial charge in [-0.15, -0.1) is 5.10 Å². The molecule has 1 aliphatic rings. The quantitative estimate of drug-likeness (QED) is 0.576. The molecule has 3 aromatic rings. The van der Waals surface area contributed by atoms with Gasteiger partial charge in [-0.2, -0.15) is 0 Å². The van der Waals surface area contributed by atoms with Crippen molar-refractivity contribution in [2.24, 2.45) is 0 Å². The normalized spacial score (nSPS) is 15.2. The molecule has 1 aromatic heterocycles. The van der Waals surface area contributed by atoms with Gasteiger partial charge >= 0.3 is 0 Å². The van der Waals surface area contributed by atoms with Crippen LogP contribution in [0, 0.1) is 13.8 Å². The molecule has 1 N–H and O–H groups in total. The number of aryl methyl sites for hydroxylation is 1. The number of hydrogen-bond donors (Lipinski definition) is 1. The third kappa shape index (κ3) is 4.72. The van der Waals surface area contributed by atoms with Crippen molar-refractivity contribution in [1.29, 1.82) is 0 Å². The molecule has 0 spiro atoms. The van der Waals surface area contributed by atoms with E-state index in [1.54, 1.807) is 10.3 Å². The first-order valence-electron chi connectivity index (χ1n) is 11.1. The van der Waals surface area contributed by atoms with Gasteiger partial charge in [0.05, 0.1) is 0 Å². The van der Waals surface area contributed by atoms with Gasteiger partial charge in [0.15, 0.2) is 5.69 Å². The van der Waals surface area contributed by atoms with Gasteiger partial charge in [-0.05, 0) is 61.0 Å². The fraction of sp³-hybridized carbons (Fsp3) is 0.360. The van der Waals surface area contributed by atoms with Crippen molar-refractivity contribution in [1.82, 2.24) is 14.9 Å². The van der Waals surface area contributed by atoms with E-state index >= 15 is 0 Å². The van der Waals surface area contributed by atoms with Crippen molar-refractivity contribution in [2.45, 2.75) is 58.0 Å². The molecule has 1 aliphatic carbocycles. The highest BCUT2D eigenvalue weighted by Crippen LogP contribution is 2.33. The lowest BCUT2D eigenvalue weighted by atomic mass is 9.94. The molecule has 2 aromatic carbocycles. The Kier molecular flexibility index (Phi) is 6.95. The fourth-order valence-corrected chi connectivity index (χ4v) is 4.75. The van der Waals surface area contributed by atoms with Crippen LogP contribution in [0.5, 0.6) is 0 Å². The number of nitrogens with one attached hydrogen (secondary N) is 1. The second-order valence-corrected chi connectivity index (χ2v) is 8.95. The third-order valence-corrected chi connectivity index (χ3v) is 6.71. The largest absolute Gasteiger partial charge is 0.351 e. The van der Waals surface area contributed by atoms with Crippen LogP contribution in [0.25, 0.3) is 0 Å². The van der Waals surface area contributed by atoms with Crippen LogP contribution in [-0.2, 0) is 4.79 Å². The third-order valence-electron chi connectivity index (χ3n) is 6.21. The van der Waals surface area contributed by atoms with Gasteiger partial charge in [0, 0.05) is 17.1 Å². The maximum Gasteiger partial charge on any atom is 0.280 e. The molecule has 0 radical (unpaired) electrons. The molecule has 0 saturated heterocycles. The number of amides is 2. The molecule has 0 unspecified atom stereocenters. The van der Waals surface area contributed by atoms with Crippen molar-refractivity contribution in [3.63, 3.8) is 0 Å². The summed E-state index contributed by atoms with van der Waals surface area (Å²) in [7, 11) is 0. The van der Waals surface area contributed by atoms with Gasteiger partial charge in [-0.1, -0.05) is 66.2 Å². The van der Waals surface area contributed by atoms with Crippen molar-refractivity contribution < 1.29 is 9.59 Å². The molecule has 1 fully saturated rings. The van der Waals surface area contributed by atoms with E-state index in [1.807, 2.05) is 62.4 Å². The summed E-state index contributed by atoms with van der Waals surface area (Å²) in [5.41, 5.74) is 3.71. The number of anilines is 1. The van der Waals surface area contributed by atoms with E-state index in [2.05, 4.69) is 14.9 Å². The summed E-state index contributed by atoms with van der Waals surface area (Å²) in [6.07, 6.45) is 5.38. The molecule has 7 heteroatoms. The Bertz CT molecular complexity index is 1060. The number of aromatic nitrogens is 2. The molecule has 1 saturated carbocycles. The molecule has 2 amide bonds. The Hall–Kier alpha value is -3.06. The molecular weight excluding hydrogens is 420 g/mol.